The van der Waals surface area contributed by atoms with Crippen LogP contribution in [0.1, 0.15) is 34.1 Å². The van der Waals surface area contributed by atoms with E-state index in [9.17, 15) is 4.79 Å². The van der Waals surface area contributed by atoms with Crippen molar-refractivity contribution >= 4 is 28.4 Å². The molecule has 0 aliphatic carbocycles. The topological polar surface area (TPSA) is 121 Å². The van der Waals surface area contributed by atoms with Crippen LogP contribution in [0.2, 0.25) is 0 Å². The molecule has 0 fully saturated rings. The maximum absolute atomic E-state index is 11.6. The minimum absolute atomic E-state index is 0.0183. The quantitative estimate of drug-likeness (QED) is 0.325. The largest absolute Gasteiger partial charge is 0.493 e. The first-order chi connectivity index (χ1) is 15.6. The molecule has 168 valence electrons. The number of nitrogens with one attached hydrogen (secondary N) is 4. The minimum Gasteiger partial charge on any atom is -0.493 e. The van der Waals surface area contributed by atoms with Crippen molar-refractivity contribution in [2.75, 3.05) is 11.9 Å². The summed E-state index contributed by atoms with van der Waals surface area (Å²) in [6, 6.07) is 13.5. The van der Waals surface area contributed by atoms with Crippen LogP contribution in [0.3, 0.4) is 0 Å². The SMILES string of the molecule is CC.CC(C)NC(=O)CCOc1ccc(-c2nc(Nc3ccc4[nH]ncc4c3)n[nH]2)cc1. The number of hydrogen-bond acceptors (Lipinski definition) is 6. The van der Waals surface area contributed by atoms with Crippen molar-refractivity contribution in [3.8, 4) is 17.1 Å². The summed E-state index contributed by atoms with van der Waals surface area (Å²) < 4.78 is 5.63. The molecule has 32 heavy (non-hydrogen) atoms. The zero-order chi connectivity index (χ0) is 22.9. The highest BCUT2D eigenvalue weighted by Gasteiger charge is 2.08. The lowest BCUT2D eigenvalue weighted by Gasteiger charge is -2.09. The molecule has 0 bridgehead atoms. The van der Waals surface area contributed by atoms with E-state index in [-0.39, 0.29) is 11.9 Å². The van der Waals surface area contributed by atoms with Gasteiger partial charge in [0.25, 0.3) is 0 Å². The van der Waals surface area contributed by atoms with Crippen molar-refractivity contribution < 1.29 is 9.53 Å². The number of carbonyl (C=O) groups is 1. The van der Waals surface area contributed by atoms with Crippen molar-refractivity contribution in [2.24, 2.45) is 0 Å². The summed E-state index contributed by atoms with van der Waals surface area (Å²) in [7, 11) is 0. The molecule has 2 aromatic carbocycles. The fourth-order valence-electron chi connectivity index (χ4n) is 2.96. The van der Waals surface area contributed by atoms with Crippen molar-refractivity contribution in [1.29, 1.82) is 0 Å². The smallest absolute Gasteiger partial charge is 0.246 e. The summed E-state index contributed by atoms with van der Waals surface area (Å²) in [5.41, 5.74) is 2.73. The molecule has 0 saturated carbocycles. The molecule has 0 radical (unpaired) electrons. The van der Waals surface area contributed by atoms with Gasteiger partial charge in [-0.1, -0.05) is 13.8 Å². The number of hydrogen-bond donors (Lipinski definition) is 4. The third-order valence-corrected chi connectivity index (χ3v) is 4.36. The standard InChI is InChI=1S/C21H23N7O2.C2H6/c1-13(2)23-19(29)9-10-30-17-6-3-14(4-7-17)20-25-21(28-27-20)24-16-5-8-18-15(11-16)12-22-26-18;1-2/h3-8,11-13H,9-10H2,1-2H3,(H,22,26)(H,23,29)(H2,24,25,27,28);1-2H3. The number of fused-ring (bicyclic) bond motifs is 1. The van der Waals surface area contributed by atoms with Gasteiger partial charge in [-0.3, -0.25) is 15.0 Å². The van der Waals surface area contributed by atoms with Gasteiger partial charge < -0.3 is 15.4 Å². The number of aromatic amines is 2. The van der Waals surface area contributed by atoms with Crippen LogP contribution in [-0.4, -0.2) is 43.9 Å². The lowest BCUT2D eigenvalue weighted by Crippen LogP contribution is -2.31. The van der Waals surface area contributed by atoms with E-state index in [4.69, 9.17) is 4.74 Å². The van der Waals surface area contributed by atoms with Crippen LogP contribution < -0.4 is 15.4 Å². The molecule has 0 aliphatic heterocycles. The fourth-order valence-corrected chi connectivity index (χ4v) is 2.96. The molecule has 4 aromatic rings. The van der Waals surface area contributed by atoms with E-state index in [2.05, 4.69) is 36.0 Å². The normalized spacial score (nSPS) is 10.5. The van der Waals surface area contributed by atoms with Gasteiger partial charge >= 0.3 is 0 Å². The average molecular weight is 436 g/mol. The summed E-state index contributed by atoms with van der Waals surface area (Å²) in [5, 5.41) is 21.1. The van der Waals surface area contributed by atoms with E-state index < -0.39 is 0 Å². The number of carbonyl (C=O) groups excluding carboxylic acids is 1. The van der Waals surface area contributed by atoms with E-state index in [1.807, 2.05) is 70.2 Å². The summed E-state index contributed by atoms with van der Waals surface area (Å²) in [4.78, 5) is 16.1. The Labute approximate surface area is 187 Å². The Hall–Kier alpha value is -3.88. The predicted octanol–water partition coefficient (Wildman–Crippen LogP) is 4.41. The molecular formula is C23H29N7O2. The monoisotopic (exact) mass is 435 g/mol. The van der Waals surface area contributed by atoms with Gasteiger partial charge in [0.15, 0.2) is 5.82 Å². The Balaban J connectivity index is 0.00000141. The van der Waals surface area contributed by atoms with Gasteiger partial charge in [0.1, 0.15) is 5.75 Å². The van der Waals surface area contributed by atoms with Crippen LogP contribution in [0.25, 0.3) is 22.3 Å². The Kier molecular flexibility index (Phi) is 7.80. The summed E-state index contributed by atoms with van der Waals surface area (Å²) in [6.07, 6.45) is 2.09. The number of anilines is 2. The van der Waals surface area contributed by atoms with Crippen LogP contribution in [0.4, 0.5) is 11.6 Å². The lowest BCUT2D eigenvalue weighted by molar-refractivity contribution is -0.122. The van der Waals surface area contributed by atoms with Crippen LogP contribution in [0.15, 0.2) is 48.7 Å². The lowest BCUT2D eigenvalue weighted by atomic mass is 10.2. The third-order valence-electron chi connectivity index (χ3n) is 4.36. The molecule has 0 saturated heterocycles. The molecule has 9 nitrogen and oxygen atoms in total. The van der Waals surface area contributed by atoms with Gasteiger partial charge in [-0.05, 0) is 56.3 Å². The van der Waals surface area contributed by atoms with E-state index >= 15 is 0 Å². The zero-order valence-corrected chi connectivity index (χ0v) is 18.8. The maximum Gasteiger partial charge on any atom is 0.246 e. The molecule has 4 N–H and O–H groups in total. The van der Waals surface area contributed by atoms with E-state index in [0.717, 1.165) is 22.2 Å². The van der Waals surface area contributed by atoms with Gasteiger partial charge in [0.05, 0.1) is 24.7 Å². The van der Waals surface area contributed by atoms with Gasteiger partial charge in [-0.2, -0.15) is 10.1 Å². The Bertz CT molecular complexity index is 1130. The molecule has 9 heteroatoms. The van der Waals surface area contributed by atoms with E-state index in [0.29, 0.717) is 30.5 Å². The first kappa shape index (κ1) is 22.8. The number of benzene rings is 2. The number of amides is 1. The highest BCUT2D eigenvalue weighted by Crippen LogP contribution is 2.23. The molecule has 0 aliphatic rings. The van der Waals surface area contributed by atoms with Crippen LogP contribution >= 0.6 is 0 Å². The number of H-pyrrole nitrogens is 2. The Morgan fingerprint density at radius 3 is 2.62 bits per heavy atom. The molecule has 2 aromatic heterocycles. The predicted molar refractivity (Wildman–Crippen MR) is 126 cm³/mol. The van der Waals surface area contributed by atoms with Crippen molar-refractivity contribution in [1.82, 2.24) is 30.7 Å². The van der Waals surface area contributed by atoms with Crippen molar-refractivity contribution in [3.05, 3.63) is 48.7 Å². The molecule has 2 heterocycles. The van der Waals surface area contributed by atoms with Gasteiger partial charge in [0, 0.05) is 22.7 Å². The van der Waals surface area contributed by atoms with E-state index in [1.165, 1.54) is 0 Å². The number of ether oxygens (including phenoxy) is 1. The molecular weight excluding hydrogens is 406 g/mol. The minimum atomic E-state index is -0.0183. The number of aromatic nitrogens is 5. The Morgan fingerprint density at radius 1 is 1.09 bits per heavy atom. The maximum atomic E-state index is 11.6. The first-order valence-electron chi connectivity index (χ1n) is 10.7. The van der Waals surface area contributed by atoms with Crippen molar-refractivity contribution in [2.45, 2.75) is 40.2 Å². The fraction of sp³-hybridized carbons (Fsp3) is 0.304. The molecule has 0 spiro atoms. The Morgan fingerprint density at radius 2 is 1.88 bits per heavy atom. The summed E-state index contributed by atoms with van der Waals surface area (Å²) in [6.45, 7) is 8.19. The van der Waals surface area contributed by atoms with Crippen LogP contribution in [0, 0.1) is 0 Å². The highest BCUT2D eigenvalue weighted by molar-refractivity contribution is 5.82. The molecule has 4 rings (SSSR count). The molecule has 0 unspecified atom stereocenters. The van der Waals surface area contributed by atoms with Crippen LogP contribution in [0.5, 0.6) is 5.75 Å². The zero-order valence-electron chi connectivity index (χ0n) is 18.8. The molecule has 1 amide bonds. The number of rotatable bonds is 8. The number of nitrogens with zero attached hydrogens (tertiary/aromatic N) is 3. The second-order valence-electron chi connectivity index (χ2n) is 7.15. The van der Waals surface area contributed by atoms with Crippen molar-refractivity contribution in [3.63, 3.8) is 0 Å². The second kappa shape index (κ2) is 10.9. The highest BCUT2D eigenvalue weighted by atomic mass is 16.5. The second-order valence-corrected chi connectivity index (χ2v) is 7.15. The molecule has 0 atom stereocenters. The first-order valence-corrected chi connectivity index (χ1v) is 10.7. The van der Waals surface area contributed by atoms with Gasteiger partial charge in [0.2, 0.25) is 11.9 Å². The average Bonchev–Trinajstić information content (AvgIpc) is 3.44. The summed E-state index contributed by atoms with van der Waals surface area (Å²) in [5.74, 6) is 1.80. The third kappa shape index (κ3) is 6.07. The summed E-state index contributed by atoms with van der Waals surface area (Å²) >= 11 is 0. The van der Waals surface area contributed by atoms with E-state index in [1.54, 1.807) is 6.20 Å². The van der Waals surface area contributed by atoms with Gasteiger partial charge in [-0.25, -0.2) is 0 Å². The van der Waals surface area contributed by atoms with Gasteiger partial charge in [-0.15, -0.1) is 5.10 Å². The van der Waals surface area contributed by atoms with Crippen LogP contribution in [-0.2, 0) is 4.79 Å².